The fourth-order valence-electron chi connectivity index (χ4n) is 1.63. The van der Waals surface area contributed by atoms with Gasteiger partial charge in [0.15, 0.2) is 0 Å². The van der Waals surface area contributed by atoms with Crippen molar-refractivity contribution in [1.82, 2.24) is 9.80 Å². The molecule has 108 valence electrons. The molecule has 0 saturated heterocycles. The number of hydrogen-bond acceptors (Lipinski definition) is 3. The lowest BCUT2D eigenvalue weighted by Gasteiger charge is -2.19. The lowest BCUT2D eigenvalue weighted by atomic mass is 10.1. The topological polar surface area (TPSA) is 49.6 Å². The summed E-state index contributed by atoms with van der Waals surface area (Å²) >= 11 is 0. The Labute approximate surface area is 119 Å². The second-order valence-corrected chi connectivity index (χ2v) is 4.77. The number of halogens is 1. The lowest BCUT2D eigenvalue weighted by molar-refractivity contribution is -0.129. The SMILES string of the molecule is CN(CC(=O)N(C)C)Cc1ccc(C#CCN)cc1F. The van der Waals surface area contributed by atoms with Gasteiger partial charge in [-0.05, 0) is 19.2 Å². The van der Waals surface area contributed by atoms with Gasteiger partial charge >= 0.3 is 0 Å². The molecule has 0 fully saturated rings. The minimum atomic E-state index is -0.321. The number of hydrogen-bond donors (Lipinski definition) is 1. The van der Waals surface area contributed by atoms with Crippen molar-refractivity contribution < 1.29 is 9.18 Å². The Bertz CT molecular complexity index is 532. The molecule has 0 aliphatic heterocycles. The average molecular weight is 277 g/mol. The van der Waals surface area contributed by atoms with Crippen molar-refractivity contribution in [1.29, 1.82) is 0 Å². The van der Waals surface area contributed by atoms with Gasteiger partial charge in [0.05, 0.1) is 13.1 Å². The molecule has 0 heterocycles. The maximum atomic E-state index is 13.9. The molecule has 2 N–H and O–H groups in total. The van der Waals surface area contributed by atoms with Crippen LogP contribution in [0.25, 0.3) is 0 Å². The van der Waals surface area contributed by atoms with Crippen molar-refractivity contribution in [3.05, 3.63) is 35.1 Å². The van der Waals surface area contributed by atoms with E-state index in [1.54, 1.807) is 38.2 Å². The third-order valence-corrected chi connectivity index (χ3v) is 2.73. The highest BCUT2D eigenvalue weighted by Crippen LogP contribution is 2.12. The van der Waals surface area contributed by atoms with Crippen LogP contribution in [0.3, 0.4) is 0 Å². The van der Waals surface area contributed by atoms with Crippen molar-refractivity contribution in [3.63, 3.8) is 0 Å². The number of benzene rings is 1. The number of rotatable bonds is 4. The van der Waals surface area contributed by atoms with Crippen LogP contribution in [0.15, 0.2) is 18.2 Å². The largest absolute Gasteiger partial charge is 0.348 e. The van der Waals surface area contributed by atoms with E-state index in [1.807, 2.05) is 0 Å². The molecule has 1 aromatic rings. The third kappa shape index (κ3) is 5.00. The van der Waals surface area contributed by atoms with Crippen LogP contribution < -0.4 is 5.73 Å². The van der Waals surface area contributed by atoms with Crippen LogP contribution in [-0.2, 0) is 11.3 Å². The Morgan fingerprint density at radius 3 is 2.60 bits per heavy atom. The summed E-state index contributed by atoms with van der Waals surface area (Å²) < 4.78 is 13.9. The van der Waals surface area contributed by atoms with Gasteiger partial charge in [-0.3, -0.25) is 9.69 Å². The molecule has 0 bridgehead atoms. The molecule has 0 unspecified atom stereocenters. The molecule has 4 nitrogen and oxygen atoms in total. The molecule has 5 heteroatoms. The molecular weight excluding hydrogens is 257 g/mol. The van der Waals surface area contributed by atoms with Crippen LogP contribution in [0, 0.1) is 17.7 Å². The predicted molar refractivity (Wildman–Crippen MR) is 77.4 cm³/mol. The molecule has 0 aliphatic rings. The number of carbonyl (C=O) groups is 1. The van der Waals surface area contributed by atoms with Gasteiger partial charge < -0.3 is 10.6 Å². The first-order chi connectivity index (χ1) is 9.43. The minimum absolute atomic E-state index is 0.0154. The monoisotopic (exact) mass is 277 g/mol. The molecule has 0 aliphatic carbocycles. The van der Waals surface area contributed by atoms with E-state index in [9.17, 15) is 9.18 Å². The van der Waals surface area contributed by atoms with Crippen LogP contribution in [0.2, 0.25) is 0 Å². The third-order valence-electron chi connectivity index (χ3n) is 2.73. The zero-order valence-electron chi connectivity index (χ0n) is 12.1. The van der Waals surface area contributed by atoms with E-state index in [0.29, 0.717) is 17.7 Å². The van der Waals surface area contributed by atoms with E-state index in [4.69, 9.17) is 5.73 Å². The summed E-state index contributed by atoms with van der Waals surface area (Å²) in [6, 6.07) is 4.83. The molecule has 20 heavy (non-hydrogen) atoms. The van der Waals surface area contributed by atoms with E-state index in [-0.39, 0.29) is 24.8 Å². The summed E-state index contributed by atoms with van der Waals surface area (Å²) in [7, 11) is 5.17. The van der Waals surface area contributed by atoms with Crippen molar-refractivity contribution >= 4 is 5.91 Å². The maximum Gasteiger partial charge on any atom is 0.236 e. The highest BCUT2D eigenvalue weighted by atomic mass is 19.1. The molecule has 0 atom stereocenters. The molecule has 1 rings (SSSR count). The summed E-state index contributed by atoms with van der Waals surface area (Å²) in [5, 5.41) is 0. The average Bonchev–Trinajstić information content (AvgIpc) is 2.39. The van der Waals surface area contributed by atoms with Gasteiger partial charge in [-0.1, -0.05) is 17.9 Å². The number of amides is 1. The Balaban J connectivity index is 2.71. The number of carbonyl (C=O) groups excluding carboxylic acids is 1. The molecule has 1 aromatic carbocycles. The predicted octanol–water partition coefficient (Wildman–Crippen LogP) is 0.656. The Morgan fingerprint density at radius 1 is 1.35 bits per heavy atom. The normalized spacial score (nSPS) is 10.1. The first-order valence-electron chi connectivity index (χ1n) is 6.30. The van der Waals surface area contributed by atoms with E-state index in [0.717, 1.165) is 0 Å². The number of nitrogens with zero attached hydrogens (tertiary/aromatic N) is 2. The van der Waals surface area contributed by atoms with E-state index in [2.05, 4.69) is 11.8 Å². The second-order valence-electron chi connectivity index (χ2n) is 4.77. The van der Waals surface area contributed by atoms with Gasteiger partial charge in [0.25, 0.3) is 0 Å². The van der Waals surface area contributed by atoms with E-state index >= 15 is 0 Å². The molecule has 0 radical (unpaired) electrons. The highest BCUT2D eigenvalue weighted by Gasteiger charge is 2.11. The quantitative estimate of drug-likeness (QED) is 0.822. The van der Waals surface area contributed by atoms with Gasteiger partial charge in [0, 0.05) is 31.8 Å². The van der Waals surface area contributed by atoms with Gasteiger partial charge in [0.1, 0.15) is 5.82 Å². The van der Waals surface area contributed by atoms with Crippen LogP contribution >= 0.6 is 0 Å². The fourth-order valence-corrected chi connectivity index (χ4v) is 1.63. The number of nitrogens with two attached hydrogens (primary N) is 1. The molecule has 0 aromatic heterocycles. The summed E-state index contributed by atoms with van der Waals surface area (Å²) in [5.74, 6) is 5.13. The molecule has 1 amide bonds. The first-order valence-corrected chi connectivity index (χ1v) is 6.30. The van der Waals surface area contributed by atoms with Crippen molar-refractivity contribution in [2.24, 2.45) is 5.73 Å². The van der Waals surface area contributed by atoms with Crippen LogP contribution in [0.4, 0.5) is 4.39 Å². The molecular formula is C15H20FN3O. The Kier molecular flexibility index (Phi) is 6.16. The van der Waals surface area contributed by atoms with Gasteiger partial charge in [0.2, 0.25) is 5.91 Å². The fraction of sp³-hybridized carbons (Fsp3) is 0.400. The summed E-state index contributed by atoms with van der Waals surface area (Å²) in [5.41, 5.74) is 6.41. The first kappa shape index (κ1) is 16.2. The van der Waals surface area contributed by atoms with Crippen molar-refractivity contribution in [3.8, 4) is 11.8 Å². The number of likely N-dealkylation sites (N-methyl/N-ethyl adjacent to an activating group) is 2. The van der Waals surface area contributed by atoms with Gasteiger partial charge in [-0.25, -0.2) is 4.39 Å². The highest BCUT2D eigenvalue weighted by molar-refractivity contribution is 5.77. The molecule has 0 spiro atoms. The van der Waals surface area contributed by atoms with Gasteiger partial charge in [-0.15, -0.1) is 0 Å². The van der Waals surface area contributed by atoms with E-state index in [1.165, 1.54) is 11.0 Å². The van der Waals surface area contributed by atoms with Crippen LogP contribution in [0.5, 0.6) is 0 Å². The smallest absolute Gasteiger partial charge is 0.236 e. The minimum Gasteiger partial charge on any atom is -0.348 e. The van der Waals surface area contributed by atoms with Crippen molar-refractivity contribution in [2.45, 2.75) is 6.54 Å². The second kappa shape index (κ2) is 7.63. The standard InChI is InChI=1S/C15H20FN3O/c1-18(2)15(20)11-19(3)10-13-7-6-12(5-4-8-17)9-14(13)16/h6-7,9H,8,10-11,17H2,1-3H3. The summed E-state index contributed by atoms with van der Waals surface area (Å²) in [6.45, 7) is 0.871. The zero-order chi connectivity index (χ0) is 15.1. The maximum absolute atomic E-state index is 13.9. The summed E-state index contributed by atoms with van der Waals surface area (Å²) in [6.07, 6.45) is 0. The Morgan fingerprint density at radius 2 is 2.05 bits per heavy atom. The van der Waals surface area contributed by atoms with Gasteiger partial charge in [-0.2, -0.15) is 0 Å². The van der Waals surface area contributed by atoms with Crippen LogP contribution in [-0.4, -0.2) is 49.9 Å². The lowest BCUT2D eigenvalue weighted by Crippen LogP contribution is -2.34. The van der Waals surface area contributed by atoms with E-state index < -0.39 is 0 Å². The van der Waals surface area contributed by atoms with Crippen LogP contribution in [0.1, 0.15) is 11.1 Å². The molecule has 0 saturated carbocycles. The Hall–Kier alpha value is -1.90. The zero-order valence-corrected chi connectivity index (χ0v) is 12.1. The van der Waals surface area contributed by atoms with Crippen molar-refractivity contribution in [2.75, 3.05) is 34.2 Å². The summed E-state index contributed by atoms with van der Waals surface area (Å²) in [4.78, 5) is 14.8.